The van der Waals surface area contributed by atoms with E-state index < -0.39 is 0 Å². The lowest BCUT2D eigenvalue weighted by atomic mass is 10.2. The van der Waals surface area contributed by atoms with Gasteiger partial charge in [0.1, 0.15) is 5.75 Å². The van der Waals surface area contributed by atoms with Crippen LogP contribution in [0.4, 0.5) is 0 Å². The van der Waals surface area contributed by atoms with Crippen LogP contribution in [-0.4, -0.2) is 10.2 Å². The highest BCUT2D eigenvalue weighted by molar-refractivity contribution is 7.98. The molecule has 0 amide bonds. The van der Waals surface area contributed by atoms with Crippen molar-refractivity contribution in [1.29, 1.82) is 0 Å². The molecule has 2 aromatic rings. The normalized spacial score (nSPS) is 10.4. The number of thioether (sulfide) groups is 1. The predicted octanol–water partition coefficient (Wildman–Crippen LogP) is 3.18. The van der Waals surface area contributed by atoms with Crippen molar-refractivity contribution in [2.24, 2.45) is 0 Å². The molecule has 0 heterocycles. The minimum Gasteiger partial charge on any atom is -0.507 e. The van der Waals surface area contributed by atoms with Crippen LogP contribution in [0.2, 0.25) is 0 Å². The van der Waals surface area contributed by atoms with Crippen LogP contribution < -0.4 is 0 Å². The van der Waals surface area contributed by atoms with Crippen LogP contribution in [0.3, 0.4) is 0 Å². The monoisotopic (exact) mass is 246 g/mol. The lowest BCUT2D eigenvalue weighted by molar-refractivity contribution is 0.282. The summed E-state index contributed by atoms with van der Waals surface area (Å²) >= 11 is 1.60. The predicted molar refractivity (Wildman–Crippen MR) is 70.0 cm³/mol. The lowest BCUT2D eigenvalue weighted by Crippen LogP contribution is -1.85. The lowest BCUT2D eigenvalue weighted by Gasteiger charge is -2.04. The topological polar surface area (TPSA) is 40.5 Å². The Labute approximate surface area is 105 Å². The van der Waals surface area contributed by atoms with Crippen molar-refractivity contribution < 1.29 is 10.2 Å². The largest absolute Gasteiger partial charge is 0.507 e. The summed E-state index contributed by atoms with van der Waals surface area (Å²) in [5.74, 6) is 1.13. The molecule has 0 saturated heterocycles. The number of phenols is 1. The van der Waals surface area contributed by atoms with Crippen molar-refractivity contribution in [1.82, 2.24) is 0 Å². The summed E-state index contributed by atoms with van der Waals surface area (Å²) in [5, 5.41) is 18.6. The molecule has 17 heavy (non-hydrogen) atoms. The Morgan fingerprint density at radius 3 is 2.18 bits per heavy atom. The number of aliphatic hydroxyl groups excluding tert-OH is 1. The van der Waals surface area contributed by atoms with Crippen LogP contribution in [-0.2, 0) is 12.4 Å². The smallest absolute Gasteiger partial charge is 0.129 e. The van der Waals surface area contributed by atoms with E-state index in [0.29, 0.717) is 5.75 Å². The second-order valence-corrected chi connectivity index (χ2v) is 4.75. The fraction of sp³-hybridized carbons (Fsp3) is 0.143. The molecule has 3 heteroatoms. The average Bonchev–Trinajstić information content (AvgIpc) is 2.38. The Bertz CT molecular complexity index is 480. The van der Waals surface area contributed by atoms with E-state index in [2.05, 4.69) is 0 Å². The van der Waals surface area contributed by atoms with Gasteiger partial charge >= 0.3 is 0 Å². The fourth-order valence-electron chi connectivity index (χ4n) is 1.48. The first-order valence-electron chi connectivity index (χ1n) is 5.39. The van der Waals surface area contributed by atoms with Gasteiger partial charge in [0, 0.05) is 10.6 Å². The van der Waals surface area contributed by atoms with E-state index in [1.54, 1.807) is 17.8 Å². The zero-order valence-electron chi connectivity index (χ0n) is 9.34. The molecule has 0 aliphatic carbocycles. The molecule has 2 aromatic carbocycles. The summed E-state index contributed by atoms with van der Waals surface area (Å²) in [7, 11) is 0. The molecule has 0 radical (unpaired) electrons. The average molecular weight is 246 g/mol. The highest BCUT2D eigenvalue weighted by Gasteiger charge is 2.01. The third kappa shape index (κ3) is 3.25. The van der Waals surface area contributed by atoms with E-state index in [1.807, 2.05) is 42.5 Å². The summed E-state index contributed by atoms with van der Waals surface area (Å²) < 4.78 is 0. The number of aromatic hydroxyl groups is 1. The van der Waals surface area contributed by atoms with Crippen LogP contribution in [0.5, 0.6) is 5.75 Å². The molecule has 0 saturated carbocycles. The van der Waals surface area contributed by atoms with Gasteiger partial charge in [-0.15, -0.1) is 11.8 Å². The number of para-hydroxylation sites is 1. The van der Waals surface area contributed by atoms with Gasteiger partial charge in [0.2, 0.25) is 0 Å². The first kappa shape index (κ1) is 12.0. The Hall–Kier alpha value is -1.45. The van der Waals surface area contributed by atoms with E-state index in [4.69, 9.17) is 5.11 Å². The van der Waals surface area contributed by atoms with Gasteiger partial charge in [-0.1, -0.05) is 36.4 Å². The zero-order chi connectivity index (χ0) is 12.1. The summed E-state index contributed by atoms with van der Waals surface area (Å²) in [6, 6.07) is 15.2. The molecule has 88 valence electrons. The first-order valence-corrected chi connectivity index (χ1v) is 6.37. The van der Waals surface area contributed by atoms with Gasteiger partial charge < -0.3 is 10.2 Å². The van der Waals surface area contributed by atoms with E-state index in [0.717, 1.165) is 16.2 Å². The van der Waals surface area contributed by atoms with Gasteiger partial charge in [-0.3, -0.25) is 0 Å². The fourth-order valence-corrected chi connectivity index (χ4v) is 2.39. The Morgan fingerprint density at radius 1 is 0.882 bits per heavy atom. The third-order valence-electron chi connectivity index (χ3n) is 2.47. The van der Waals surface area contributed by atoms with Crippen molar-refractivity contribution >= 4 is 11.8 Å². The Kier molecular flexibility index (Phi) is 4.07. The van der Waals surface area contributed by atoms with Gasteiger partial charge in [0.25, 0.3) is 0 Å². The molecule has 2 N–H and O–H groups in total. The van der Waals surface area contributed by atoms with Gasteiger partial charge in [0.05, 0.1) is 6.61 Å². The second-order valence-electron chi connectivity index (χ2n) is 3.73. The summed E-state index contributed by atoms with van der Waals surface area (Å²) in [6.45, 7) is 0.0763. The quantitative estimate of drug-likeness (QED) is 0.814. The van der Waals surface area contributed by atoms with E-state index in [-0.39, 0.29) is 6.61 Å². The van der Waals surface area contributed by atoms with Crippen LogP contribution >= 0.6 is 11.8 Å². The molecular formula is C14H14O2S. The molecule has 2 nitrogen and oxygen atoms in total. The van der Waals surface area contributed by atoms with Crippen molar-refractivity contribution in [3.8, 4) is 5.75 Å². The third-order valence-corrected chi connectivity index (χ3v) is 3.60. The molecule has 0 aliphatic rings. The molecule has 0 aliphatic heterocycles. The highest BCUT2D eigenvalue weighted by atomic mass is 32.2. The molecule has 0 aromatic heterocycles. The van der Waals surface area contributed by atoms with Gasteiger partial charge in [-0.25, -0.2) is 0 Å². The highest BCUT2D eigenvalue weighted by Crippen LogP contribution is 2.30. The van der Waals surface area contributed by atoms with Crippen molar-refractivity contribution in [3.63, 3.8) is 0 Å². The number of benzene rings is 2. The molecule has 0 spiro atoms. The summed E-state index contributed by atoms with van der Waals surface area (Å²) in [6.07, 6.45) is 0. The maximum atomic E-state index is 9.62. The second kappa shape index (κ2) is 5.75. The van der Waals surface area contributed by atoms with Crippen molar-refractivity contribution in [2.45, 2.75) is 17.3 Å². The van der Waals surface area contributed by atoms with Crippen LogP contribution in [0.1, 0.15) is 11.1 Å². The van der Waals surface area contributed by atoms with E-state index >= 15 is 0 Å². The van der Waals surface area contributed by atoms with Crippen molar-refractivity contribution in [3.05, 3.63) is 59.7 Å². The van der Waals surface area contributed by atoms with Crippen LogP contribution in [0.25, 0.3) is 0 Å². The number of phenolic OH excluding ortho intramolecular Hbond substituents is 1. The Morgan fingerprint density at radius 2 is 1.53 bits per heavy atom. The van der Waals surface area contributed by atoms with Gasteiger partial charge in [-0.2, -0.15) is 0 Å². The van der Waals surface area contributed by atoms with Crippen molar-refractivity contribution in [2.75, 3.05) is 0 Å². The maximum absolute atomic E-state index is 9.62. The number of rotatable bonds is 4. The minimum absolute atomic E-state index is 0.0763. The molecule has 0 fully saturated rings. The molecule has 0 unspecified atom stereocenters. The standard InChI is InChI=1S/C14H14O2S/c15-9-11-5-7-12(8-6-11)10-17-14-4-2-1-3-13(14)16/h1-8,15-16H,9-10H2. The zero-order valence-corrected chi connectivity index (χ0v) is 10.2. The van der Waals surface area contributed by atoms with Gasteiger partial charge in [0.15, 0.2) is 0 Å². The molecule has 0 bridgehead atoms. The van der Waals surface area contributed by atoms with E-state index in [1.165, 1.54) is 5.56 Å². The summed E-state index contributed by atoms with van der Waals surface area (Å²) in [5.41, 5.74) is 2.09. The summed E-state index contributed by atoms with van der Waals surface area (Å²) in [4.78, 5) is 0.888. The maximum Gasteiger partial charge on any atom is 0.129 e. The van der Waals surface area contributed by atoms with Gasteiger partial charge in [-0.05, 0) is 23.3 Å². The Balaban J connectivity index is 2.00. The SMILES string of the molecule is OCc1ccc(CSc2ccccc2O)cc1. The molecular weight excluding hydrogens is 232 g/mol. The minimum atomic E-state index is 0.0763. The molecule has 0 atom stereocenters. The van der Waals surface area contributed by atoms with E-state index in [9.17, 15) is 5.11 Å². The van der Waals surface area contributed by atoms with Crippen LogP contribution in [0, 0.1) is 0 Å². The number of aliphatic hydroxyl groups is 1. The van der Waals surface area contributed by atoms with Crippen LogP contribution in [0.15, 0.2) is 53.4 Å². The number of hydrogen-bond donors (Lipinski definition) is 2. The molecule has 2 rings (SSSR count). The first-order chi connectivity index (χ1) is 8.29. The number of hydrogen-bond acceptors (Lipinski definition) is 3.